The number of rotatable bonds is 4. The molecule has 0 spiro atoms. The molecule has 0 aromatic heterocycles. The molecule has 4 heterocycles. The van der Waals surface area contributed by atoms with E-state index in [1.807, 2.05) is 19.9 Å². The Hall–Kier alpha value is -2.95. The lowest BCUT2D eigenvalue weighted by Crippen LogP contribution is -2.48. The summed E-state index contributed by atoms with van der Waals surface area (Å²) >= 11 is 0. The summed E-state index contributed by atoms with van der Waals surface area (Å²) in [7, 11) is 0. The van der Waals surface area contributed by atoms with Gasteiger partial charge in [-0.1, -0.05) is 18.2 Å². The van der Waals surface area contributed by atoms with Crippen molar-refractivity contribution in [3.8, 4) is 0 Å². The fourth-order valence-corrected chi connectivity index (χ4v) is 3.96. The molecule has 1 amide bonds. The first-order valence-corrected chi connectivity index (χ1v) is 9.62. The lowest BCUT2D eigenvalue weighted by molar-refractivity contribution is -0.198. The number of hydrogen-bond acceptors (Lipinski definition) is 9. The van der Waals surface area contributed by atoms with Gasteiger partial charge < -0.3 is 18.9 Å². The summed E-state index contributed by atoms with van der Waals surface area (Å²) in [6.07, 6.45) is 0.568. The molecule has 0 saturated carbocycles. The molecule has 0 aliphatic carbocycles. The number of amides is 1. The zero-order chi connectivity index (χ0) is 20.9. The maximum atomic E-state index is 12.3. The second-order valence-electron chi connectivity index (χ2n) is 7.74. The maximum absolute atomic E-state index is 12.3. The van der Waals surface area contributed by atoms with E-state index < -0.39 is 42.3 Å². The Bertz CT molecular complexity index is 959. The van der Waals surface area contributed by atoms with Crippen LogP contribution in [0.15, 0.2) is 45.3 Å². The molecule has 2 fully saturated rings. The zero-order valence-electron chi connectivity index (χ0n) is 16.4. The van der Waals surface area contributed by atoms with Gasteiger partial charge in [0.1, 0.15) is 37.1 Å². The first kappa shape index (κ1) is 19.0. The van der Waals surface area contributed by atoms with Crippen LogP contribution < -0.4 is 0 Å². The van der Waals surface area contributed by atoms with Crippen molar-refractivity contribution in [1.82, 2.24) is 4.90 Å². The number of nitrogens with zero attached hydrogens (tertiary/aromatic N) is 4. The number of esters is 1. The van der Waals surface area contributed by atoms with Gasteiger partial charge in [0, 0.05) is 0 Å². The SMILES string of the molecule is CC1(C)O[C@@H]2[C@H](O1)[C@@H](COC(=O)c1ccccc1)O[C@H]2N1C=NC2C(=O)N=CN=C21. The van der Waals surface area contributed by atoms with Crippen molar-refractivity contribution in [2.75, 3.05) is 6.61 Å². The lowest BCUT2D eigenvalue weighted by atomic mass is 10.1. The van der Waals surface area contributed by atoms with Crippen LogP contribution in [0.1, 0.15) is 24.2 Å². The monoisotopic (exact) mass is 412 g/mol. The number of amidine groups is 1. The molecule has 30 heavy (non-hydrogen) atoms. The van der Waals surface area contributed by atoms with Gasteiger partial charge in [0.15, 0.2) is 18.1 Å². The summed E-state index contributed by atoms with van der Waals surface area (Å²) in [5.74, 6) is -1.24. The van der Waals surface area contributed by atoms with E-state index in [9.17, 15) is 9.59 Å². The predicted octanol–water partition coefficient (Wildman–Crippen LogP) is 0.768. The Balaban J connectivity index is 1.34. The van der Waals surface area contributed by atoms with Crippen LogP contribution in [0, 0.1) is 0 Å². The Labute approximate surface area is 172 Å². The molecule has 4 aliphatic heterocycles. The Kier molecular flexibility index (Phi) is 4.49. The third-order valence-corrected chi connectivity index (χ3v) is 5.25. The molecule has 0 N–H and O–H groups in total. The molecule has 0 bridgehead atoms. The first-order valence-electron chi connectivity index (χ1n) is 9.62. The minimum atomic E-state index is -0.832. The van der Waals surface area contributed by atoms with Gasteiger partial charge in [0.05, 0.1) is 11.9 Å². The van der Waals surface area contributed by atoms with E-state index in [4.69, 9.17) is 18.9 Å². The summed E-state index contributed by atoms with van der Waals surface area (Å²) in [6, 6.07) is 7.95. The molecular weight excluding hydrogens is 392 g/mol. The number of hydrogen-bond donors (Lipinski definition) is 0. The number of carbonyl (C=O) groups is 2. The Morgan fingerprint density at radius 2 is 1.97 bits per heavy atom. The van der Waals surface area contributed by atoms with Gasteiger partial charge in [0.25, 0.3) is 5.91 Å². The van der Waals surface area contributed by atoms with E-state index in [-0.39, 0.29) is 12.5 Å². The molecule has 1 aromatic rings. The third-order valence-electron chi connectivity index (χ3n) is 5.25. The largest absolute Gasteiger partial charge is 0.459 e. The van der Waals surface area contributed by atoms with Gasteiger partial charge in [-0.3, -0.25) is 14.7 Å². The van der Waals surface area contributed by atoms with E-state index in [0.29, 0.717) is 11.4 Å². The Morgan fingerprint density at radius 3 is 2.77 bits per heavy atom. The van der Waals surface area contributed by atoms with Crippen LogP contribution in [-0.2, 0) is 23.7 Å². The molecule has 10 nitrogen and oxygen atoms in total. The van der Waals surface area contributed by atoms with Crippen LogP contribution in [0.3, 0.4) is 0 Å². The van der Waals surface area contributed by atoms with E-state index >= 15 is 0 Å². The van der Waals surface area contributed by atoms with Crippen LogP contribution in [0.4, 0.5) is 0 Å². The van der Waals surface area contributed by atoms with E-state index in [1.165, 1.54) is 12.7 Å². The summed E-state index contributed by atoms with van der Waals surface area (Å²) < 4.78 is 23.7. The van der Waals surface area contributed by atoms with Crippen molar-refractivity contribution in [3.63, 3.8) is 0 Å². The van der Waals surface area contributed by atoms with Gasteiger partial charge in [-0.25, -0.2) is 9.79 Å². The number of ether oxygens (including phenoxy) is 4. The van der Waals surface area contributed by atoms with Crippen molar-refractivity contribution in [3.05, 3.63) is 35.9 Å². The molecule has 4 aliphatic rings. The van der Waals surface area contributed by atoms with Crippen LogP contribution in [-0.4, -0.2) is 78.3 Å². The molecule has 5 rings (SSSR count). The van der Waals surface area contributed by atoms with Crippen LogP contribution in [0.2, 0.25) is 0 Å². The summed E-state index contributed by atoms with van der Waals surface area (Å²) in [5.41, 5.74) is 0.455. The normalized spacial score (nSPS) is 33.4. The second-order valence-corrected chi connectivity index (χ2v) is 7.74. The van der Waals surface area contributed by atoms with Gasteiger partial charge in [-0.2, -0.15) is 4.99 Å². The lowest BCUT2D eigenvalue weighted by Gasteiger charge is -2.29. The fraction of sp³-hybridized carbons (Fsp3) is 0.450. The molecule has 0 radical (unpaired) electrons. The van der Waals surface area contributed by atoms with Crippen molar-refractivity contribution in [2.45, 2.75) is 50.2 Å². The minimum absolute atomic E-state index is 0.00783. The van der Waals surface area contributed by atoms with Crippen LogP contribution in [0.25, 0.3) is 0 Å². The smallest absolute Gasteiger partial charge is 0.338 e. The molecule has 1 unspecified atom stereocenters. The topological polar surface area (TPSA) is 111 Å². The number of benzene rings is 1. The third kappa shape index (κ3) is 3.22. The highest BCUT2D eigenvalue weighted by molar-refractivity contribution is 6.19. The zero-order valence-corrected chi connectivity index (χ0v) is 16.4. The number of carbonyl (C=O) groups excluding carboxylic acids is 2. The van der Waals surface area contributed by atoms with Gasteiger partial charge >= 0.3 is 5.97 Å². The molecule has 10 heteroatoms. The van der Waals surface area contributed by atoms with Gasteiger partial charge in [-0.15, -0.1) is 0 Å². The van der Waals surface area contributed by atoms with Crippen molar-refractivity contribution in [2.24, 2.45) is 15.0 Å². The number of fused-ring (bicyclic) bond motifs is 2. The van der Waals surface area contributed by atoms with Crippen molar-refractivity contribution < 1.29 is 28.5 Å². The average Bonchev–Trinajstić information content (AvgIpc) is 3.38. The van der Waals surface area contributed by atoms with Crippen molar-refractivity contribution in [1.29, 1.82) is 0 Å². The average molecular weight is 412 g/mol. The summed E-state index contributed by atoms with van der Waals surface area (Å²) in [5, 5.41) is 0. The second kappa shape index (κ2) is 7.08. The molecule has 156 valence electrons. The quantitative estimate of drug-likeness (QED) is 0.672. The van der Waals surface area contributed by atoms with E-state index in [1.54, 1.807) is 29.2 Å². The van der Waals surface area contributed by atoms with Gasteiger partial charge in [0.2, 0.25) is 0 Å². The maximum Gasteiger partial charge on any atom is 0.338 e. The summed E-state index contributed by atoms with van der Waals surface area (Å²) in [4.78, 5) is 38.0. The van der Waals surface area contributed by atoms with Crippen LogP contribution >= 0.6 is 0 Å². The fourth-order valence-electron chi connectivity index (χ4n) is 3.96. The predicted molar refractivity (Wildman–Crippen MR) is 104 cm³/mol. The number of aliphatic imine (C=N–C) groups is 3. The van der Waals surface area contributed by atoms with Crippen LogP contribution in [0.5, 0.6) is 0 Å². The van der Waals surface area contributed by atoms with Gasteiger partial charge in [-0.05, 0) is 26.0 Å². The molecule has 5 atom stereocenters. The van der Waals surface area contributed by atoms with E-state index in [0.717, 1.165) is 0 Å². The minimum Gasteiger partial charge on any atom is -0.459 e. The van der Waals surface area contributed by atoms with E-state index in [2.05, 4.69) is 15.0 Å². The highest BCUT2D eigenvalue weighted by atomic mass is 16.8. The highest BCUT2D eigenvalue weighted by Crippen LogP contribution is 2.40. The molecular formula is C20H20N4O6. The molecule has 2 saturated heterocycles. The standard InChI is InChI=1S/C20H20N4O6/c1-20(2)29-14-12(8-27-19(26)11-6-4-3-5-7-11)28-18(15(14)30-20)24-10-23-13-16(24)21-9-22-17(13)25/h3-7,9-10,12-15,18H,8H2,1-2H3/t12-,13?,14-,15-,18-/m1/s1. The van der Waals surface area contributed by atoms with Crippen molar-refractivity contribution >= 4 is 30.4 Å². The Morgan fingerprint density at radius 1 is 1.20 bits per heavy atom. The highest BCUT2D eigenvalue weighted by Gasteiger charge is 2.58. The molecule has 1 aromatic carbocycles. The summed E-state index contributed by atoms with van der Waals surface area (Å²) in [6.45, 7) is 3.61. The first-order chi connectivity index (χ1) is 14.4.